The monoisotopic (exact) mass is 130 g/mol. The van der Waals surface area contributed by atoms with Crippen molar-refractivity contribution in [2.45, 2.75) is 0 Å². The molecule has 0 bridgehead atoms. The van der Waals surface area contributed by atoms with Crippen LogP contribution in [-0.2, 0) is 0 Å². The molecule has 0 amide bonds. The predicted octanol–water partition coefficient (Wildman–Crippen LogP) is -3.25. The molecule has 0 aromatic rings. The first-order chi connectivity index (χ1) is 1.91. The van der Waals surface area contributed by atoms with Crippen molar-refractivity contribution in [1.82, 2.24) is 0 Å². The van der Waals surface area contributed by atoms with E-state index in [1.165, 1.54) is 0 Å². The summed E-state index contributed by atoms with van der Waals surface area (Å²) in [4.78, 5) is 0. The molecule has 1 nitrogen and oxygen atoms in total. The molecule has 0 N–H and O–H groups in total. The Morgan fingerprint density at radius 1 is 1.60 bits per heavy atom. The van der Waals surface area contributed by atoms with Crippen molar-refractivity contribution in [1.29, 1.82) is 0 Å². The van der Waals surface area contributed by atoms with Crippen molar-refractivity contribution >= 4 is 15.9 Å². The number of halogens is 1. The third kappa shape index (κ3) is 11.2. The third-order valence-electron chi connectivity index (χ3n) is 0.0772. The average molecular weight is 131 g/mol. The van der Waals surface area contributed by atoms with E-state index >= 15 is 0 Å². The zero-order valence-electron chi connectivity index (χ0n) is 3.20. The largest absolute Gasteiger partial charge is 1.00 e. The van der Waals surface area contributed by atoms with Gasteiger partial charge in [-0.3, -0.25) is 0 Å². The van der Waals surface area contributed by atoms with E-state index in [2.05, 4.69) is 15.9 Å². The molecule has 0 unspecified atom stereocenters. The Bertz CT molecular complexity index is 11.6. The zero-order chi connectivity index (χ0) is 3.41. The van der Waals surface area contributed by atoms with Crippen LogP contribution in [0.25, 0.3) is 0 Å². The molecule has 26 valence electrons. The summed E-state index contributed by atoms with van der Waals surface area (Å²) in [7, 11) is 0. The third-order valence-corrected chi connectivity index (χ3v) is 0.401. The maximum atomic E-state index is 9.25. The minimum Gasteiger partial charge on any atom is -0.854 e. The van der Waals surface area contributed by atoms with Crippen molar-refractivity contribution in [2.24, 2.45) is 0 Å². The Balaban J connectivity index is 0. The van der Waals surface area contributed by atoms with E-state index in [9.17, 15) is 5.11 Å². The molecule has 0 aliphatic carbocycles. The van der Waals surface area contributed by atoms with Crippen LogP contribution < -0.4 is 24.0 Å². The van der Waals surface area contributed by atoms with Gasteiger partial charge in [0.1, 0.15) is 0 Å². The predicted molar refractivity (Wildman–Crippen MR) is 18.7 cm³/mol. The summed E-state index contributed by atoms with van der Waals surface area (Å²) in [5, 5.41) is 9.83. The molecule has 0 spiro atoms. The van der Waals surface area contributed by atoms with Crippen LogP contribution in [0.2, 0.25) is 0 Å². The van der Waals surface area contributed by atoms with Crippen molar-refractivity contribution in [3.8, 4) is 0 Å². The summed E-state index contributed by atoms with van der Waals surface area (Å²) in [6.45, 7) is -0.0139. The van der Waals surface area contributed by atoms with Crippen molar-refractivity contribution in [2.75, 3.05) is 11.9 Å². The Hall–Kier alpha value is 1.04. The second-order valence-corrected chi connectivity index (χ2v) is 1.19. The number of alkyl halides is 1. The molecule has 0 aromatic heterocycles. The van der Waals surface area contributed by atoms with Gasteiger partial charge in [-0.2, -0.15) is 0 Å². The maximum Gasteiger partial charge on any atom is 1.00 e. The fraction of sp³-hybridized carbons (Fsp3) is 1.00. The van der Waals surface area contributed by atoms with Gasteiger partial charge >= 0.3 is 18.9 Å². The Morgan fingerprint density at radius 2 is 1.80 bits per heavy atom. The van der Waals surface area contributed by atoms with E-state index in [1.807, 2.05) is 0 Å². The molecule has 0 aromatic carbocycles. The summed E-state index contributed by atoms with van der Waals surface area (Å²) < 4.78 is 0. The minimum atomic E-state index is -0.0139. The zero-order valence-corrected chi connectivity index (χ0v) is 4.79. The van der Waals surface area contributed by atoms with Gasteiger partial charge in [0, 0.05) is 0 Å². The SMILES string of the molecule is [Li+].[O-]CCBr. The van der Waals surface area contributed by atoms with Gasteiger partial charge in [0.05, 0.1) is 0 Å². The molecule has 0 heterocycles. The quantitative estimate of drug-likeness (QED) is 0.270. The average Bonchev–Trinajstić information content (AvgIpc) is 1.37. The fourth-order valence-corrected chi connectivity index (χ4v) is 0. The molecular weight excluding hydrogens is 127 g/mol. The van der Waals surface area contributed by atoms with Crippen LogP contribution in [0.3, 0.4) is 0 Å². The van der Waals surface area contributed by atoms with Crippen LogP contribution in [0.1, 0.15) is 0 Å². The molecular formula is C2H4BrLiO. The van der Waals surface area contributed by atoms with Crippen molar-refractivity contribution in [3.63, 3.8) is 0 Å². The van der Waals surface area contributed by atoms with Crippen LogP contribution >= 0.6 is 15.9 Å². The Kier molecular flexibility index (Phi) is 16.7. The van der Waals surface area contributed by atoms with Gasteiger partial charge in [-0.05, 0) is 5.33 Å². The minimum absolute atomic E-state index is 0. The first kappa shape index (κ1) is 9.40. The summed E-state index contributed by atoms with van der Waals surface area (Å²) in [6.07, 6.45) is 0. The molecule has 0 saturated carbocycles. The van der Waals surface area contributed by atoms with E-state index in [-0.39, 0.29) is 25.5 Å². The normalized spacial score (nSPS) is 6.00. The first-order valence-corrected chi connectivity index (χ1v) is 2.18. The topological polar surface area (TPSA) is 23.1 Å². The smallest absolute Gasteiger partial charge is 0.854 e. The number of hydrogen-bond acceptors (Lipinski definition) is 1. The van der Waals surface area contributed by atoms with E-state index in [4.69, 9.17) is 0 Å². The number of rotatable bonds is 1. The second-order valence-electron chi connectivity index (χ2n) is 0.393. The van der Waals surface area contributed by atoms with Crippen molar-refractivity contribution < 1.29 is 24.0 Å². The Morgan fingerprint density at radius 3 is 1.80 bits per heavy atom. The summed E-state index contributed by atoms with van der Waals surface area (Å²) >= 11 is 2.94. The molecule has 3 heteroatoms. The summed E-state index contributed by atoms with van der Waals surface area (Å²) in [6, 6.07) is 0. The van der Waals surface area contributed by atoms with E-state index in [0.29, 0.717) is 5.33 Å². The van der Waals surface area contributed by atoms with Gasteiger partial charge in [0.25, 0.3) is 0 Å². The molecule has 0 atom stereocenters. The van der Waals surface area contributed by atoms with Gasteiger partial charge in [0.15, 0.2) is 0 Å². The van der Waals surface area contributed by atoms with Gasteiger partial charge in [-0.1, -0.05) is 15.9 Å². The van der Waals surface area contributed by atoms with Gasteiger partial charge in [-0.25, -0.2) is 0 Å². The molecule has 0 rings (SSSR count). The van der Waals surface area contributed by atoms with E-state index < -0.39 is 0 Å². The molecule has 0 fully saturated rings. The fourth-order valence-electron chi connectivity index (χ4n) is 0. The van der Waals surface area contributed by atoms with Crippen LogP contribution in [0.5, 0.6) is 0 Å². The van der Waals surface area contributed by atoms with E-state index in [1.54, 1.807) is 0 Å². The molecule has 0 aliphatic rings. The van der Waals surface area contributed by atoms with Gasteiger partial charge < -0.3 is 5.11 Å². The molecule has 0 radical (unpaired) electrons. The summed E-state index contributed by atoms with van der Waals surface area (Å²) in [5.74, 6) is 0. The van der Waals surface area contributed by atoms with Crippen LogP contribution in [-0.4, -0.2) is 11.9 Å². The van der Waals surface area contributed by atoms with Gasteiger partial charge in [0.2, 0.25) is 0 Å². The molecule has 0 aliphatic heterocycles. The first-order valence-electron chi connectivity index (χ1n) is 1.06. The maximum absolute atomic E-state index is 9.25. The van der Waals surface area contributed by atoms with Crippen LogP contribution in [0.15, 0.2) is 0 Å². The second kappa shape index (κ2) is 8.90. The van der Waals surface area contributed by atoms with Gasteiger partial charge in [-0.15, -0.1) is 6.61 Å². The van der Waals surface area contributed by atoms with Crippen molar-refractivity contribution in [3.05, 3.63) is 0 Å². The van der Waals surface area contributed by atoms with Crippen LogP contribution in [0, 0.1) is 0 Å². The van der Waals surface area contributed by atoms with Crippen LogP contribution in [0.4, 0.5) is 0 Å². The molecule has 5 heavy (non-hydrogen) atoms. The molecule has 0 saturated heterocycles. The Labute approximate surface area is 52.1 Å². The number of hydrogen-bond donors (Lipinski definition) is 0. The standard InChI is InChI=1S/C2H4BrO.Li/c3-1-2-4;/h1-2H2;/q-1;+1. The summed E-state index contributed by atoms with van der Waals surface area (Å²) in [5.41, 5.74) is 0. The van der Waals surface area contributed by atoms with E-state index in [0.717, 1.165) is 0 Å².